The van der Waals surface area contributed by atoms with Gasteiger partial charge in [0.25, 0.3) is 0 Å². The molecule has 6 heteroatoms. The number of rotatable bonds is 3. The van der Waals surface area contributed by atoms with Crippen molar-refractivity contribution in [2.45, 2.75) is 72.9 Å². The lowest BCUT2D eigenvalue weighted by molar-refractivity contribution is -0.143. The van der Waals surface area contributed by atoms with Crippen LogP contribution in [-0.2, 0) is 4.79 Å². The predicted molar refractivity (Wildman–Crippen MR) is 106 cm³/mol. The molecule has 3 heterocycles. The van der Waals surface area contributed by atoms with Crippen molar-refractivity contribution in [2.24, 2.45) is 5.41 Å². The molecular weight excluding hydrogens is 338 g/mol. The highest BCUT2D eigenvalue weighted by atomic mass is 16.2. The Bertz CT molecular complexity index is 818. The maximum absolute atomic E-state index is 13.0. The second kappa shape index (κ2) is 7.41. The highest BCUT2D eigenvalue weighted by molar-refractivity contribution is 5.82. The first-order chi connectivity index (χ1) is 12.7. The van der Waals surface area contributed by atoms with Crippen LogP contribution in [0.3, 0.4) is 0 Å². The Labute approximate surface area is 162 Å². The molecule has 3 rings (SSSR count). The van der Waals surface area contributed by atoms with Crippen molar-refractivity contribution in [1.29, 1.82) is 0 Å². The van der Waals surface area contributed by atoms with Crippen LogP contribution < -0.4 is 0 Å². The van der Waals surface area contributed by atoms with Gasteiger partial charge in [0.15, 0.2) is 0 Å². The zero-order valence-electron chi connectivity index (χ0n) is 17.4. The molecule has 6 nitrogen and oxygen atoms in total. The van der Waals surface area contributed by atoms with Crippen molar-refractivity contribution in [3.05, 3.63) is 29.8 Å². The Balaban J connectivity index is 2.02. The monoisotopic (exact) mass is 369 g/mol. The average molecular weight is 370 g/mol. The molecule has 27 heavy (non-hydrogen) atoms. The minimum absolute atomic E-state index is 0.0151. The molecule has 1 atom stereocenters. The summed E-state index contributed by atoms with van der Waals surface area (Å²) in [6.07, 6.45) is 4.92. The largest absolute Gasteiger partial charge is 0.334 e. The highest BCUT2D eigenvalue weighted by Gasteiger charge is 2.35. The molecule has 0 spiro atoms. The quantitative estimate of drug-likeness (QED) is 0.808. The van der Waals surface area contributed by atoms with Crippen LogP contribution >= 0.6 is 0 Å². The van der Waals surface area contributed by atoms with Gasteiger partial charge in [-0.3, -0.25) is 9.48 Å². The summed E-state index contributed by atoms with van der Waals surface area (Å²) in [5.74, 6) is 0.921. The number of likely N-dealkylation sites (tertiary alicyclic amines) is 1. The average Bonchev–Trinajstić information content (AvgIpc) is 3.10. The normalized spacial score (nSPS) is 18.2. The van der Waals surface area contributed by atoms with Gasteiger partial charge < -0.3 is 4.90 Å². The van der Waals surface area contributed by atoms with Crippen molar-refractivity contribution < 1.29 is 4.79 Å². The minimum atomic E-state index is -0.392. The molecule has 1 saturated heterocycles. The molecule has 0 bridgehead atoms. The lowest BCUT2D eigenvalue weighted by Crippen LogP contribution is -2.44. The Morgan fingerprint density at radius 2 is 1.96 bits per heavy atom. The molecule has 0 aliphatic carbocycles. The van der Waals surface area contributed by atoms with Crippen molar-refractivity contribution in [3.63, 3.8) is 0 Å². The predicted octanol–water partition coefficient (Wildman–Crippen LogP) is 4.33. The van der Waals surface area contributed by atoms with Crippen LogP contribution in [0.5, 0.6) is 0 Å². The molecule has 0 N–H and O–H groups in total. The van der Waals surface area contributed by atoms with Crippen molar-refractivity contribution in [2.75, 3.05) is 6.54 Å². The van der Waals surface area contributed by atoms with Crippen LogP contribution in [0.1, 0.15) is 77.5 Å². The topological polar surface area (TPSA) is 63.9 Å². The molecule has 1 aliphatic heterocycles. The van der Waals surface area contributed by atoms with Crippen molar-refractivity contribution in [1.82, 2.24) is 24.6 Å². The lowest BCUT2D eigenvalue weighted by Gasteiger charge is -2.39. The third-order valence-electron chi connectivity index (χ3n) is 5.03. The van der Waals surface area contributed by atoms with E-state index in [0.717, 1.165) is 48.7 Å². The van der Waals surface area contributed by atoms with E-state index in [0.29, 0.717) is 0 Å². The first kappa shape index (κ1) is 19.5. The Kier molecular flexibility index (Phi) is 5.36. The van der Waals surface area contributed by atoms with Gasteiger partial charge >= 0.3 is 0 Å². The number of carbonyl (C=O) groups excluding carboxylic acids is 1. The zero-order valence-corrected chi connectivity index (χ0v) is 17.4. The zero-order chi connectivity index (χ0) is 19.8. The summed E-state index contributed by atoms with van der Waals surface area (Å²) in [7, 11) is 0. The fraction of sp³-hybridized carbons (Fsp3) is 0.619. The molecule has 1 amide bonds. The summed E-state index contributed by atoms with van der Waals surface area (Å²) in [6.45, 7) is 12.9. The molecular formula is C21H31N5O. The number of amides is 1. The van der Waals surface area contributed by atoms with Crippen molar-refractivity contribution in [3.8, 4) is 11.4 Å². The van der Waals surface area contributed by atoms with Gasteiger partial charge in [-0.05, 0) is 52.2 Å². The second-order valence-corrected chi connectivity index (χ2v) is 8.74. The molecule has 1 aliphatic rings. The summed E-state index contributed by atoms with van der Waals surface area (Å²) in [5.41, 5.74) is 2.40. The van der Waals surface area contributed by atoms with E-state index in [1.807, 2.05) is 55.6 Å². The smallest absolute Gasteiger partial charge is 0.228 e. The number of aryl methyl sites for hydroxylation is 1. The van der Waals surface area contributed by atoms with Gasteiger partial charge in [0.2, 0.25) is 5.91 Å². The van der Waals surface area contributed by atoms with E-state index in [-0.39, 0.29) is 18.0 Å². The van der Waals surface area contributed by atoms with Gasteiger partial charge in [-0.25, -0.2) is 9.97 Å². The summed E-state index contributed by atoms with van der Waals surface area (Å²) >= 11 is 0. The van der Waals surface area contributed by atoms with E-state index in [2.05, 4.69) is 23.9 Å². The summed E-state index contributed by atoms with van der Waals surface area (Å²) in [4.78, 5) is 24.4. The standard InChI is InChI=1S/C21H31N5O/c1-14(2)26-19(10-11-22-26)17-13-16(23-15(3)24-17)18-9-7-8-12-25(18)20(27)21(4,5)6/h10-11,13-14,18H,7-9,12H2,1-6H3/t18-/m0/s1. The number of carbonyl (C=O) groups is 1. The number of aromatic nitrogens is 4. The van der Waals surface area contributed by atoms with Crippen LogP contribution in [0.2, 0.25) is 0 Å². The van der Waals surface area contributed by atoms with Gasteiger partial charge in [0, 0.05) is 24.2 Å². The summed E-state index contributed by atoms with van der Waals surface area (Å²) in [6, 6.07) is 4.30. The number of hydrogen-bond acceptors (Lipinski definition) is 4. The third kappa shape index (κ3) is 4.04. The SMILES string of the molecule is Cc1nc(-c2ccnn2C(C)C)cc([C@@H]2CCCCN2C(=O)C(C)(C)C)n1. The van der Waals surface area contributed by atoms with Crippen LogP contribution in [-0.4, -0.2) is 37.1 Å². The molecule has 146 valence electrons. The fourth-order valence-corrected chi connectivity index (χ4v) is 3.73. The molecule has 0 radical (unpaired) electrons. The minimum Gasteiger partial charge on any atom is -0.334 e. The Morgan fingerprint density at radius 3 is 2.63 bits per heavy atom. The summed E-state index contributed by atoms with van der Waals surface area (Å²) < 4.78 is 1.98. The lowest BCUT2D eigenvalue weighted by atomic mass is 9.90. The number of hydrogen-bond donors (Lipinski definition) is 0. The van der Waals surface area contributed by atoms with Crippen LogP contribution in [0, 0.1) is 12.3 Å². The van der Waals surface area contributed by atoms with Crippen LogP contribution in [0.25, 0.3) is 11.4 Å². The molecule has 2 aromatic rings. The van der Waals surface area contributed by atoms with E-state index in [1.54, 1.807) is 0 Å². The fourth-order valence-electron chi connectivity index (χ4n) is 3.73. The Hall–Kier alpha value is -2.24. The van der Waals surface area contributed by atoms with Gasteiger partial charge in [-0.2, -0.15) is 5.10 Å². The molecule has 0 saturated carbocycles. The first-order valence-electron chi connectivity index (χ1n) is 9.89. The van der Waals surface area contributed by atoms with E-state index < -0.39 is 5.41 Å². The third-order valence-corrected chi connectivity index (χ3v) is 5.03. The molecule has 0 aromatic carbocycles. The maximum atomic E-state index is 13.0. The van der Waals surface area contributed by atoms with E-state index in [4.69, 9.17) is 4.98 Å². The van der Waals surface area contributed by atoms with E-state index in [1.165, 1.54) is 0 Å². The van der Waals surface area contributed by atoms with Crippen LogP contribution in [0.15, 0.2) is 18.3 Å². The van der Waals surface area contributed by atoms with E-state index >= 15 is 0 Å². The van der Waals surface area contributed by atoms with Crippen molar-refractivity contribution >= 4 is 5.91 Å². The maximum Gasteiger partial charge on any atom is 0.228 e. The molecule has 1 fully saturated rings. The number of nitrogens with zero attached hydrogens (tertiary/aromatic N) is 5. The Morgan fingerprint density at radius 1 is 1.22 bits per heavy atom. The molecule has 0 unspecified atom stereocenters. The van der Waals surface area contributed by atoms with Gasteiger partial charge in [-0.1, -0.05) is 20.8 Å². The highest BCUT2D eigenvalue weighted by Crippen LogP contribution is 2.34. The molecule has 2 aromatic heterocycles. The summed E-state index contributed by atoms with van der Waals surface area (Å²) in [5, 5.41) is 4.43. The van der Waals surface area contributed by atoms with Crippen LogP contribution in [0.4, 0.5) is 0 Å². The number of piperidine rings is 1. The second-order valence-electron chi connectivity index (χ2n) is 8.74. The van der Waals surface area contributed by atoms with E-state index in [9.17, 15) is 4.79 Å². The van der Waals surface area contributed by atoms with Gasteiger partial charge in [0.05, 0.1) is 23.1 Å². The van der Waals surface area contributed by atoms with Gasteiger partial charge in [-0.15, -0.1) is 0 Å². The first-order valence-corrected chi connectivity index (χ1v) is 9.89. The van der Waals surface area contributed by atoms with Gasteiger partial charge in [0.1, 0.15) is 5.82 Å².